The fourth-order valence-corrected chi connectivity index (χ4v) is 2.35. The predicted molar refractivity (Wildman–Crippen MR) is 63.1 cm³/mol. The van der Waals surface area contributed by atoms with Crippen LogP contribution in [0.15, 0.2) is 15.0 Å². The number of phenols is 1. The van der Waals surface area contributed by atoms with E-state index < -0.39 is 0 Å². The predicted octanol–water partition coefficient (Wildman–Crippen LogP) is 4.16. The van der Waals surface area contributed by atoms with Gasteiger partial charge in [-0.3, -0.25) is 4.79 Å². The van der Waals surface area contributed by atoms with E-state index in [4.69, 9.17) is 11.6 Å². The van der Waals surface area contributed by atoms with Crippen molar-refractivity contribution < 1.29 is 9.90 Å². The third-order valence-electron chi connectivity index (χ3n) is 1.76. The van der Waals surface area contributed by atoms with Crippen molar-refractivity contribution in [2.75, 3.05) is 0 Å². The lowest BCUT2D eigenvalue weighted by Crippen LogP contribution is -1.98. The summed E-state index contributed by atoms with van der Waals surface area (Å²) in [5, 5.41) is 9.72. The Bertz CT molecular complexity index is 391. The van der Waals surface area contributed by atoms with Crippen LogP contribution in [0.1, 0.15) is 23.7 Å². The number of hydrogen-bond acceptors (Lipinski definition) is 2. The molecular formula is C9H7Br2ClO2. The third kappa shape index (κ3) is 2.12. The van der Waals surface area contributed by atoms with Crippen molar-refractivity contribution in [1.82, 2.24) is 0 Å². The molecule has 0 aliphatic rings. The molecule has 0 saturated heterocycles. The molecule has 0 heterocycles. The Morgan fingerprint density at radius 1 is 1.57 bits per heavy atom. The van der Waals surface area contributed by atoms with Crippen LogP contribution in [0.25, 0.3) is 0 Å². The maximum absolute atomic E-state index is 11.4. The van der Waals surface area contributed by atoms with E-state index >= 15 is 0 Å². The second kappa shape index (κ2) is 4.64. The zero-order chi connectivity index (χ0) is 10.9. The van der Waals surface area contributed by atoms with E-state index in [1.54, 1.807) is 6.92 Å². The Hall–Kier alpha value is -0.0600. The zero-order valence-corrected chi connectivity index (χ0v) is 11.2. The van der Waals surface area contributed by atoms with Gasteiger partial charge in [-0.15, -0.1) is 0 Å². The molecule has 0 amide bonds. The number of hydrogen-bond donors (Lipinski definition) is 1. The number of halogens is 3. The lowest BCUT2D eigenvalue weighted by atomic mass is 10.1. The zero-order valence-electron chi connectivity index (χ0n) is 7.27. The average Bonchev–Trinajstić information content (AvgIpc) is 2.19. The smallest absolute Gasteiger partial charge is 0.164 e. The van der Waals surface area contributed by atoms with Gasteiger partial charge in [-0.25, -0.2) is 0 Å². The molecule has 0 aliphatic carbocycles. The van der Waals surface area contributed by atoms with Crippen molar-refractivity contribution in [3.8, 4) is 5.75 Å². The molecule has 0 radical (unpaired) electrons. The second-order valence-corrected chi connectivity index (χ2v) is 4.68. The van der Waals surface area contributed by atoms with Gasteiger partial charge in [0.1, 0.15) is 5.75 Å². The largest absolute Gasteiger partial charge is 0.506 e. The highest BCUT2D eigenvalue weighted by Crippen LogP contribution is 2.40. The van der Waals surface area contributed by atoms with E-state index in [1.165, 1.54) is 6.07 Å². The number of rotatable bonds is 2. The van der Waals surface area contributed by atoms with Gasteiger partial charge in [-0.1, -0.05) is 18.5 Å². The fraction of sp³-hybridized carbons (Fsp3) is 0.222. The Labute approximate surface area is 104 Å². The van der Waals surface area contributed by atoms with Crippen LogP contribution in [-0.4, -0.2) is 10.9 Å². The van der Waals surface area contributed by atoms with Gasteiger partial charge in [0, 0.05) is 12.0 Å². The van der Waals surface area contributed by atoms with Gasteiger partial charge in [-0.05, 0) is 37.9 Å². The van der Waals surface area contributed by atoms with E-state index in [0.29, 0.717) is 20.9 Å². The van der Waals surface area contributed by atoms with Gasteiger partial charge >= 0.3 is 0 Å². The van der Waals surface area contributed by atoms with Crippen LogP contribution >= 0.6 is 43.5 Å². The molecule has 76 valence electrons. The molecule has 0 aliphatic heterocycles. The van der Waals surface area contributed by atoms with E-state index in [9.17, 15) is 9.90 Å². The summed E-state index contributed by atoms with van der Waals surface area (Å²) in [6, 6.07) is 1.52. The van der Waals surface area contributed by atoms with Crippen molar-refractivity contribution in [2.45, 2.75) is 13.3 Å². The molecule has 2 nitrogen and oxygen atoms in total. The topological polar surface area (TPSA) is 37.3 Å². The lowest BCUT2D eigenvalue weighted by molar-refractivity contribution is 0.0988. The first-order valence-corrected chi connectivity index (χ1v) is 5.85. The molecule has 0 saturated carbocycles. The number of ketones is 1. The first-order chi connectivity index (χ1) is 6.49. The number of carbonyl (C=O) groups excluding carboxylic acids is 1. The highest BCUT2D eigenvalue weighted by Gasteiger charge is 2.16. The summed E-state index contributed by atoms with van der Waals surface area (Å²) in [5.74, 6) is -0.0564. The van der Waals surface area contributed by atoms with Crippen LogP contribution in [0.5, 0.6) is 5.75 Å². The van der Waals surface area contributed by atoms with Crippen molar-refractivity contribution in [3.63, 3.8) is 0 Å². The third-order valence-corrected chi connectivity index (χ3v) is 3.75. The first kappa shape index (κ1) is 12.0. The molecule has 0 fully saturated rings. The number of carbonyl (C=O) groups is 1. The monoisotopic (exact) mass is 340 g/mol. The normalized spacial score (nSPS) is 10.3. The molecule has 1 N–H and O–H groups in total. The molecule has 1 aromatic rings. The first-order valence-electron chi connectivity index (χ1n) is 3.88. The van der Waals surface area contributed by atoms with Gasteiger partial charge in [0.2, 0.25) is 0 Å². The van der Waals surface area contributed by atoms with Crippen molar-refractivity contribution >= 4 is 49.2 Å². The highest BCUT2D eigenvalue weighted by molar-refractivity contribution is 9.11. The Kier molecular flexibility index (Phi) is 3.98. The summed E-state index contributed by atoms with van der Waals surface area (Å²) in [7, 11) is 0. The Morgan fingerprint density at radius 2 is 2.14 bits per heavy atom. The standard InChI is InChI=1S/C9H7Br2ClO2/c1-2-6(13)4-3-5(10)9(14)7(11)8(4)12/h3,14H,2H2,1H3. The summed E-state index contributed by atoms with van der Waals surface area (Å²) in [6.45, 7) is 1.76. The number of Topliss-reactive ketones (excluding diaryl/α,β-unsaturated/α-hetero) is 1. The molecule has 0 bridgehead atoms. The van der Waals surface area contributed by atoms with Gasteiger partial charge in [0.15, 0.2) is 5.78 Å². The van der Waals surface area contributed by atoms with Crippen LogP contribution < -0.4 is 0 Å². The molecule has 1 aromatic carbocycles. The van der Waals surface area contributed by atoms with Gasteiger partial charge in [0.25, 0.3) is 0 Å². The SMILES string of the molecule is CCC(=O)c1cc(Br)c(O)c(Br)c1Cl. The van der Waals surface area contributed by atoms with Crippen LogP contribution in [0.2, 0.25) is 5.02 Å². The lowest BCUT2D eigenvalue weighted by Gasteiger charge is -2.07. The Morgan fingerprint density at radius 3 is 2.64 bits per heavy atom. The van der Waals surface area contributed by atoms with Gasteiger partial charge < -0.3 is 5.11 Å². The minimum Gasteiger partial charge on any atom is -0.506 e. The molecule has 0 atom stereocenters. The van der Waals surface area contributed by atoms with E-state index in [0.717, 1.165) is 0 Å². The Balaban J connectivity index is 3.40. The van der Waals surface area contributed by atoms with Crippen LogP contribution in [0, 0.1) is 0 Å². The molecule has 0 unspecified atom stereocenters. The molecule has 0 spiro atoms. The van der Waals surface area contributed by atoms with Crippen LogP contribution in [0.4, 0.5) is 0 Å². The fourth-order valence-electron chi connectivity index (χ4n) is 0.979. The molecule has 14 heavy (non-hydrogen) atoms. The van der Waals surface area contributed by atoms with Crippen molar-refractivity contribution in [3.05, 3.63) is 25.6 Å². The molecule has 5 heteroatoms. The van der Waals surface area contributed by atoms with Crippen molar-refractivity contribution in [1.29, 1.82) is 0 Å². The molecule has 0 aromatic heterocycles. The minimum atomic E-state index is -0.0589. The summed E-state index contributed by atoms with van der Waals surface area (Å²) < 4.78 is 0.788. The maximum atomic E-state index is 11.4. The summed E-state index contributed by atoms with van der Waals surface area (Å²) >= 11 is 12.1. The van der Waals surface area contributed by atoms with Gasteiger partial charge in [0.05, 0.1) is 14.0 Å². The van der Waals surface area contributed by atoms with Gasteiger partial charge in [-0.2, -0.15) is 0 Å². The number of benzene rings is 1. The van der Waals surface area contributed by atoms with Crippen LogP contribution in [0.3, 0.4) is 0 Å². The number of aromatic hydroxyl groups is 1. The molecule has 1 rings (SSSR count). The maximum Gasteiger partial charge on any atom is 0.164 e. The second-order valence-electron chi connectivity index (χ2n) is 2.66. The van der Waals surface area contributed by atoms with Crippen molar-refractivity contribution in [2.24, 2.45) is 0 Å². The highest BCUT2D eigenvalue weighted by atomic mass is 79.9. The van der Waals surface area contributed by atoms with Crippen LogP contribution in [-0.2, 0) is 0 Å². The number of phenolic OH excluding ortho intramolecular Hbond substituents is 1. The molecular weight excluding hydrogens is 335 g/mol. The quantitative estimate of drug-likeness (QED) is 0.647. The summed E-state index contributed by atoms with van der Waals surface area (Å²) in [6.07, 6.45) is 0.378. The van der Waals surface area contributed by atoms with E-state index in [-0.39, 0.29) is 16.6 Å². The minimum absolute atomic E-state index is 0.00246. The average molecular weight is 342 g/mol. The van der Waals surface area contributed by atoms with E-state index in [1.807, 2.05) is 0 Å². The summed E-state index contributed by atoms with van der Waals surface area (Å²) in [5.41, 5.74) is 0.408. The van der Waals surface area contributed by atoms with E-state index in [2.05, 4.69) is 31.9 Å². The summed E-state index contributed by atoms with van der Waals surface area (Å²) in [4.78, 5) is 11.4.